The van der Waals surface area contributed by atoms with Gasteiger partial charge in [0.05, 0.1) is 20.2 Å². The molecule has 0 bridgehead atoms. The molecule has 0 aliphatic carbocycles. The average Bonchev–Trinajstić information content (AvgIpc) is 3.00. The van der Waals surface area contributed by atoms with Crippen molar-refractivity contribution < 1.29 is 9.64 Å². The van der Waals surface area contributed by atoms with E-state index in [1.807, 2.05) is 0 Å². The molecule has 130 valence electrons. The number of fused-ring (bicyclic) bond motifs is 1. The SMILES string of the molecule is COc1ccc([C@@H](c2c(C)[nH]c3ccccc23)[NH+]2CCCCC2)cc1. The van der Waals surface area contributed by atoms with Gasteiger partial charge in [-0.25, -0.2) is 0 Å². The Morgan fingerprint density at radius 2 is 1.68 bits per heavy atom. The number of hydrogen-bond acceptors (Lipinski definition) is 1. The van der Waals surface area contributed by atoms with E-state index in [4.69, 9.17) is 4.74 Å². The summed E-state index contributed by atoms with van der Waals surface area (Å²) in [4.78, 5) is 5.29. The molecule has 0 radical (unpaired) electrons. The van der Waals surface area contributed by atoms with E-state index in [1.165, 1.54) is 60.1 Å². The van der Waals surface area contributed by atoms with Crippen molar-refractivity contribution in [2.24, 2.45) is 0 Å². The number of aromatic nitrogens is 1. The van der Waals surface area contributed by atoms with Crippen LogP contribution in [-0.4, -0.2) is 25.2 Å². The lowest BCUT2D eigenvalue weighted by Gasteiger charge is -2.32. The summed E-state index contributed by atoms with van der Waals surface area (Å²) in [7, 11) is 1.73. The second-order valence-corrected chi connectivity index (χ2v) is 7.13. The van der Waals surface area contributed by atoms with Crippen LogP contribution in [-0.2, 0) is 0 Å². The van der Waals surface area contributed by atoms with Crippen molar-refractivity contribution in [3.63, 3.8) is 0 Å². The minimum atomic E-state index is 0.377. The largest absolute Gasteiger partial charge is 0.497 e. The van der Waals surface area contributed by atoms with Crippen LogP contribution < -0.4 is 9.64 Å². The molecule has 1 atom stereocenters. The molecule has 2 aromatic carbocycles. The van der Waals surface area contributed by atoms with Crippen LogP contribution in [0.15, 0.2) is 48.5 Å². The van der Waals surface area contributed by atoms with E-state index in [9.17, 15) is 0 Å². The fraction of sp³-hybridized carbons (Fsp3) is 0.364. The van der Waals surface area contributed by atoms with Gasteiger partial charge in [0.15, 0.2) is 0 Å². The molecule has 2 N–H and O–H groups in total. The molecule has 0 unspecified atom stereocenters. The van der Waals surface area contributed by atoms with E-state index in [0.29, 0.717) is 6.04 Å². The summed E-state index contributed by atoms with van der Waals surface area (Å²) >= 11 is 0. The molecular formula is C22H27N2O+. The number of piperidine rings is 1. The zero-order valence-electron chi connectivity index (χ0n) is 15.1. The quantitative estimate of drug-likeness (QED) is 0.749. The van der Waals surface area contributed by atoms with Crippen LogP contribution in [0, 0.1) is 6.92 Å². The Kier molecular flexibility index (Phi) is 4.50. The molecule has 3 nitrogen and oxygen atoms in total. The summed E-state index contributed by atoms with van der Waals surface area (Å²) < 4.78 is 5.37. The Balaban J connectivity index is 1.85. The number of likely N-dealkylation sites (tertiary alicyclic amines) is 1. The minimum absolute atomic E-state index is 0.377. The van der Waals surface area contributed by atoms with E-state index >= 15 is 0 Å². The van der Waals surface area contributed by atoms with Crippen molar-refractivity contribution in [2.75, 3.05) is 20.2 Å². The lowest BCUT2D eigenvalue weighted by Crippen LogP contribution is -3.13. The molecule has 3 heteroatoms. The summed E-state index contributed by atoms with van der Waals surface area (Å²) in [5.74, 6) is 0.923. The molecule has 25 heavy (non-hydrogen) atoms. The van der Waals surface area contributed by atoms with Gasteiger partial charge in [-0.3, -0.25) is 0 Å². The highest BCUT2D eigenvalue weighted by Gasteiger charge is 2.31. The molecule has 1 fully saturated rings. The molecule has 3 aromatic rings. The average molecular weight is 335 g/mol. The Morgan fingerprint density at radius 1 is 0.960 bits per heavy atom. The van der Waals surface area contributed by atoms with E-state index in [0.717, 1.165) is 5.75 Å². The van der Waals surface area contributed by atoms with Crippen molar-refractivity contribution in [2.45, 2.75) is 32.2 Å². The van der Waals surface area contributed by atoms with Gasteiger partial charge < -0.3 is 14.6 Å². The predicted molar refractivity (Wildman–Crippen MR) is 102 cm³/mol. The first kappa shape index (κ1) is 16.2. The summed E-state index contributed by atoms with van der Waals surface area (Å²) in [6.07, 6.45) is 4.01. The minimum Gasteiger partial charge on any atom is -0.497 e. The third-order valence-corrected chi connectivity index (χ3v) is 5.59. The van der Waals surface area contributed by atoms with Crippen LogP contribution in [0.1, 0.15) is 42.1 Å². The monoisotopic (exact) mass is 335 g/mol. The second-order valence-electron chi connectivity index (χ2n) is 7.13. The normalized spacial score (nSPS) is 16.9. The molecule has 0 saturated carbocycles. The summed E-state index contributed by atoms with van der Waals surface area (Å²) in [5.41, 5.74) is 5.37. The maximum atomic E-state index is 5.37. The predicted octanol–water partition coefficient (Wildman–Crippen LogP) is 3.64. The number of methoxy groups -OCH3 is 1. The van der Waals surface area contributed by atoms with E-state index in [-0.39, 0.29) is 0 Å². The van der Waals surface area contributed by atoms with Crippen LogP contribution in [0.5, 0.6) is 5.75 Å². The van der Waals surface area contributed by atoms with Gasteiger partial charge in [0, 0.05) is 27.7 Å². The summed E-state index contributed by atoms with van der Waals surface area (Å²) in [5, 5.41) is 1.36. The number of H-pyrrole nitrogens is 1. The zero-order chi connectivity index (χ0) is 17.2. The standard InChI is InChI=1S/C22H26N2O/c1-16-21(19-8-4-5-9-20(19)23-16)22(24-14-6-3-7-15-24)17-10-12-18(25-2)13-11-17/h4-5,8-13,22-23H,3,6-7,14-15H2,1-2H3/p+1/t22-/m0/s1. The molecule has 1 aliphatic rings. The molecule has 0 spiro atoms. The molecule has 1 aromatic heterocycles. The third-order valence-electron chi connectivity index (χ3n) is 5.59. The number of ether oxygens (including phenoxy) is 1. The first-order valence-electron chi connectivity index (χ1n) is 9.33. The van der Waals surface area contributed by atoms with Crippen LogP contribution in [0.25, 0.3) is 10.9 Å². The Bertz CT molecular complexity index is 844. The number of nitrogens with one attached hydrogen (secondary N) is 2. The number of aromatic amines is 1. The number of aryl methyl sites for hydroxylation is 1. The first-order valence-corrected chi connectivity index (χ1v) is 9.33. The molecule has 2 heterocycles. The van der Waals surface area contributed by atoms with Gasteiger partial charge in [-0.15, -0.1) is 0 Å². The van der Waals surface area contributed by atoms with Crippen LogP contribution >= 0.6 is 0 Å². The topological polar surface area (TPSA) is 29.5 Å². The number of quaternary nitrogens is 1. The maximum Gasteiger partial charge on any atom is 0.141 e. The highest BCUT2D eigenvalue weighted by Crippen LogP contribution is 2.31. The fourth-order valence-corrected chi connectivity index (χ4v) is 4.37. The van der Waals surface area contributed by atoms with Gasteiger partial charge in [0.1, 0.15) is 11.8 Å². The van der Waals surface area contributed by atoms with E-state index in [1.54, 1.807) is 12.0 Å². The fourth-order valence-electron chi connectivity index (χ4n) is 4.37. The molecule has 4 rings (SSSR count). The third kappa shape index (κ3) is 3.05. The molecule has 0 amide bonds. The van der Waals surface area contributed by atoms with Crippen LogP contribution in [0.4, 0.5) is 0 Å². The number of para-hydroxylation sites is 1. The number of hydrogen-bond donors (Lipinski definition) is 2. The highest BCUT2D eigenvalue weighted by molar-refractivity contribution is 5.85. The van der Waals surface area contributed by atoms with E-state index in [2.05, 4.69) is 60.4 Å². The van der Waals surface area contributed by atoms with Gasteiger partial charge in [-0.1, -0.05) is 18.2 Å². The molecule has 1 aliphatic heterocycles. The lowest BCUT2D eigenvalue weighted by atomic mass is 9.93. The molecule has 1 saturated heterocycles. The van der Waals surface area contributed by atoms with Crippen LogP contribution in [0.3, 0.4) is 0 Å². The zero-order valence-corrected chi connectivity index (χ0v) is 15.1. The van der Waals surface area contributed by atoms with Crippen molar-refractivity contribution in [1.82, 2.24) is 4.98 Å². The number of benzene rings is 2. The smallest absolute Gasteiger partial charge is 0.141 e. The Hall–Kier alpha value is -2.26. The van der Waals surface area contributed by atoms with E-state index < -0.39 is 0 Å². The Labute approximate surface area is 149 Å². The highest BCUT2D eigenvalue weighted by atomic mass is 16.5. The van der Waals surface area contributed by atoms with Crippen molar-refractivity contribution in [3.05, 3.63) is 65.4 Å². The van der Waals surface area contributed by atoms with Gasteiger partial charge in [-0.2, -0.15) is 0 Å². The summed E-state index contributed by atoms with van der Waals surface area (Å²) in [6, 6.07) is 17.7. The van der Waals surface area contributed by atoms with Gasteiger partial charge in [0.2, 0.25) is 0 Å². The molecular weight excluding hydrogens is 308 g/mol. The summed E-state index contributed by atoms with van der Waals surface area (Å²) in [6.45, 7) is 4.71. The maximum absolute atomic E-state index is 5.37. The van der Waals surface area contributed by atoms with Crippen molar-refractivity contribution in [3.8, 4) is 5.75 Å². The Morgan fingerprint density at radius 3 is 2.40 bits per heavy atom. The van der Waals surface area contributed by atoms with Crippen molar-refractivity contribution in [1.29, 1.82) is 0 Å². The second kappa shape index (κ2) is 6.93. The van der Waals surface area contributed by atoms with Crippen molar-refractivity contribution >= 4 is 10.9 Å². The lowest BCUT2D eigenvalue weighted by molar-refractivity contribution is -0.930. The van der Waals surface area contributed by atoms with Gasteiger partial charge >= 0.3 is 0 Å². The number of rotatable bonds is 4. The van der Waals surface area contributed by atoms with Gasteiger partial charge in [0.25, 0.3) is 0 Å². The van der Waals surface area contributed by atoms with Gasteiger partial charge in [-0.05, 0) is 56.5 Å². The van der Waals surface area contributed by atoms with Crippen LogP contribution in [0.2, 0.25) is 0 Å². The first-order chi connectivity index (χ1) is 12.3.